The van der Waals surface area contributed by atoms with Crippen molar-refractivity contribution in [1.82, 2.24) is 30.5 Å². The molecule has 5 rings (SSSR count). The van der Waals surface area contributed by atoms with E-state index in [1.54, 1.807) is 30.6 Å². The van der Waals surface area contributed by atoms with Crippen LogP contribution < -0.4 is 5.32 Å². The maximum atomic E-state index is 13.6. The van der Waals surface area contributed by atoms with Gasteiger partial charge in [0.2, 0.25) is 0 Å². The number of pyridine rings is 1. The summed E-state index contributed by atoms with van der Waals surface area (Å²) in [6.07, 6.45) is -1.37. The molecule has 3 aromatic heterocycles. The average molecular weight is 436 g/mol. The van der Waals surface area contributed by atoms with Gasteiger partial charge in [-0.2, -0.15) is 18.3 Å². The average Bonchev–Trinajstić information content (AvgIpc) is 3.39. The molecule has 7 nitrogen and oxygen atoms in total. The van der Waals surface area contributed by atoms with Crippen molar-refractivity contribution in [2.24, 2.45) is 0 Å². The zero-order valence-electron chi connectivity index (χ0n) is 16.3. The number of alkyl halides is 3. The van der Waals surface area contributed by atoms with E-state index in [4.69, 9.17) is 0 Å². The van der Waals surface area contributed by atoms with Crippen molar-refractivity contribution >= 4 is 27.8 Å². The third kappa shape index (κ3) is 3.55. The molecule has 3 heterocycles. The Morgan fingerprint density at radius 3 is 2.47 bits per heavy atom. The number of hydrogen-bond acceptors (Lipinski definition) is 4. The Kier molecular flexibility index (Phi) is 4.62. The Hall–Kier alpha value is -4.21. The number of nitrogens with zero attached hydrogens (tertiary/aromatic N) is 3. The third-order valence-electron chi connectivity index (χ3n) is 5.07. The summed E-state index contributed by atoms with van der Waals surface area (Å²) in [5, 5.41) is 10.1. The number of carbonyl (C=O) groups excluding carboxylic acids is 1. The quantitative estimate of drug-likeness (QED) is 0.385. The second-order valence-corrected chi connectivity index (χ2v) is 7.17. The SMILES string of the molecule is O=C(NC(c1ccccc1)C(F)(F)F)c1nc2cc3c(-c4ccncc4)n[nH]c3cc2[nH]1. The second-order valence-electron chi connectivity index (χ2n) is 7.17. The monoisotopic (exact) mass is 436 g/mol. The zero-order valence-corrected chi connectivity index (χ0v) is 16.3. The van der Waals surface area contributed by atoms with E-state index >= 15 is 0 Å². The van der Waals surface area contributed by atoms with Crippen LogP contribution in [0.3, 0.4) is 0 Å². The summed E-state index contributed by atoms with van der Waals surface area (Å²) in [5.74, 6) is -1.17. The Balaban J connectivity index is 1.50. The smallest absolute Gasteiger partial charge is 0.334 e. The van der Waals surface area contributed by atoms with Crippen molar-refractivity contribution in [2.75, 3.05) is 0 Å². The highest BCUT2D eigenvalue weighted by atomic mass is 19.4. The predicted molar refractivity (Wildman–Crippen MR) is 112 cm³/mol. The number of imidazole rings is 1. The van der Waals surface area contributed by atoms with Crippen LogP contribution in [0, 0.1) is 0 Å². The second kappa shape index (κ2) is 7.49. The minimum atomic E-state index is -4.66. The van der Waals surface area contributed by atoms with Crippen molar-refractivity contribution in [3.05, 3.63) is 78.4 Å². The number of hydrogen-bond donors (Lipinski definition) is 3. The van der Waals surface area contributed by atoms with Crippen LogP contribution in [0.2, 0.25) is 0 Å². The summed E-state index contributed by atoms with van der Waals surface area (Å²) in [6, 6.07) is 12.1. The van der Waals surface area contributed by atoms with E-state index in [0.717, 1.165) is 10.9 Å². The number of aromatic amines is 2. The summed E-state index contributed by atoms with van der Waals surface area (Å²) in [5.41, 5.74) is 3.08. The molecule has 3 N–H and O–H groups in total. The van der Waals surface area contributed by atoms with E-state index in [-0.39, 0.29) is 11.4 Å². The van der Waals surface area contributed by atoms with Gasteiger partial charge in [-0.25, -0.2) is 4.98 Å². The van der Waals surface area contributed by atoms with E-state index in [0.29, 0.717) is 22.2 Å². The predicted octanol–water partition coefficient (Wildman–Crippen LogP) is 4.53. The molecule has 160 valence electrons. The van der Waals surface area contributed by atoms with Crippen LogP contribution >= 0.6 is 0 Å². The van der Waals surface area contributed by atoms with Crippen molar-refractivity contribution in [1.29, 1.82) is 0 Å². The molecule has 10 heteroatoms. The lowest BCUT2D eigenvalue weighted by atomic mass is 10.1. The molecule has 0 fully saturated rings. The van der Waals surface area contributed by atoms with E-state index in [1.165, 1.54) is 24.3 Å². The van der Waals surface area contributed by atoms with Crippen LogP contribution in [0.5, 0.6) is 0 Å². The van der Waals surface area contributed by atoms with Crippen LogP contribution in [-0.2, 0) is 0 Å². The van der Waals surface area contributed by atoms with Gasteiger partial charge in [-0.3, -0.25) is 14.9 Å². The lowest BCUT2D eigenvalue weighted by molar-refractivity contribution is -0.155. The van der Waals surface area contributed by atoms with Crippen LogP contribution in [0.15, 0.2) is 67.0 Å². The van der Waals surface area contributed by atoms with E-state index < -0.39 is 18.1 Å². The molecule has 32 heavy (non-hydrogen) atoms. The molecular weight excluding hydrogens is 421 g/mol. The number of benzene rings is 2. The summed E-state index contributed by atoms with van der Waals surface area (Å²) in [7, 11) is 0. The highest BCUT2D eigenvalue weighted by Crippen LogP contribution is 2.33. The molecule has 0 saturated heterocycles. The molecular formula is C22H15F3N6O. The molecule has 0 radical (unpaired) electrons. The van der Waals surface area contributed by atoms with Crippen LogP contribution in [0.25, 0.3) is 33.2 Å². The number of aromatic nitrogens is 5. The highest BCUT2D eigenvalue weighted by molar-refractivity contribution is 6.02. The lowest BCUT2D eigenvalue weighted by Gasteiger charge is -2.21. The fourth-order valence-corrected chi connectivity index (χ4v) is 3.56. The van der Waals surface area contributed by atoms with Crippen molar-refractivity contribution in [2.45, 2.75) is 12.2 Å². The number of rotatable bonds is 4. The maximum Gasteiger partial charge on any atom is 0.412 e. The van der Waals surface area contributed by atoms with Gasteiger partial charge >= 0.3 is 6.18 Å². The molecule has 0 aliphatic rings. The standard InChI is InChI=1S/C22H15F3N6O/c23-22(24,25)19(13-4-2-1-3-5-13)29-21(32)20-27-16-10-14-15(11-17(16)28-20)30-31-18(14)12-6-8-26-9-7-12/h1-11,19H,(H,27,28)(H,29,32)(H,30,31). The van der Waals surface area contributed by atoms with Gasteiger partial charge in [0.25, 0.3) is 5.91 Å². The normalized spacial score (nSPS) is 12.8. The van der Waals surface area contributed by atoms with Gasteiger partial charge in [-0.05, 0) is 29.8 Å². The first-order valence-electron chi connectivity index (χ1n) is 9.61. The number of amides is 1. The number of H-pyrrole nitrogens is 2. The van der Waals surface area contributed by atoms with E-state index in [1.807, 2.05) is 17.4 Å². The maximum absolute atomic E-state index is 13.6. The van der Waals surface area contributed by atoms with Gasteiger partial charge in [0, 0.05) is 23.3 Å². The van der Waals surface area contributed by atoms with Gasteiger partial charge in [0.1, 0.15) is 5.69 Å². The van der Waals surface area contributed by atoms with Gasteiger partial charge in [0.05, 0.1) is 16.6 Å². The summed E-state index contributed by atoms with van der Waals surface area (Å²) in [6.45, 7) is 0. The van der Waals surface area contributed by atoms with Crippen molar-refractivity contribution < 1.29 is 18.0 Å². The molecule has 0 bridgehead atoms. The number of nitrogens with one attached hydrogen (secondary N) is 3. The highest BCUT2D eigenvalue weighted by Gasteiger charge is 2.42. The van der Waals surface area contributed by atoms with Gasteiger partial charge in [0.15, 0.2) is 11.9 Å². The molecule has 1 amide bonds. The fraction of sp³-hybridized carbons (Fsp3) is 0.0909. The van der Waals surface area contributed by atoms with Crippen molar-refractivity contribution in [3.8, 4) is 11.3 Å². The third-order valence-corrected chi connectivity index (χ3v) is 5.07. The summed E-state index contributed by atoms with van der Waals surface area (Å²) >= 11 is 0. The lowest BCUT2D eigenvalue weighted by Crippen LogP contribution is -2.38. The zero-order chi connectivity index (χ0) is 22.3. The first-order chi connectivity index (χ1) is 15.4. The molecule has 0 aliphatic heterocycles. The van der Waals surface area contributed by atoms with Crippen molar-refractivity contribution in [3.63, 3.8) is 0 Å². The number of fused-ring (bicyclic) bond motifs is 2. The van der Waals surface area contributed by atoms with E-state index in [9.17, 15) is 18.0 Å². The van der Waals surface area contributed by atoms with Gasteiger partial charge in [-0.15, -0.1) is 0 Å². The minimum Gasteiger partial charge on any atom is -0.334 e. The van der Waals surface area contributed by atoms with Crippen LogP contribution in [0.1, 0.15) is 22.2 Å². The first-order valence-corrected chi connectivity index (χ1v) is 9.61. The largest absolute Gasteiger partial charge is 0.412 e. The van der Waals surface area contributed by atoms with Gasteiger partial charge < -0.3 is 10.3 Å². The number of halogens is 3. The molecule has 5 aromatic rings. The molecule has 2 aromatic carbocycles. The Morgan fingerprint density at radius 2 is 1.75 bits per heavy atom. The Bertz CT molecular complexity index is 1410. The molecule has 0 aliphatic carbocycles. The number of carbonyl (C=O) groups is 1. The summed E-state index contributed by atoms with van der Waals surface area (Å²) in [4.78, 5) is 23.6. The first kappa shape index (κ1) is 19.7. The topological polar surface area (TPSA) is 99.3 Å². The summed E-state index contributed by atoms with van der Waals surface area (Å²) < 4.78 is 40.7. The van der Waals surface area contributed by atoms with Crippen LogP contribution in [0.4, 0.5) is 13.2 Å². The minimum absolute atomic E-state index is 0.0640. The fourth-order valence-electron chi connectivity index (χ4n) is 3.56. The van der Waals surface area contributed by atoms with Gasteiger partial charge in [-0.1, -0.05) is 30.3 Å². The van der Waals surface area contributed by atoms with Crippen LogP contribution in [-0.4, -0.2) is 37.2 Å². The molecule has 1 unspecified atom stereocenters. The Labute approximate surface area is 178 Å². The molecule has 1 atom stereocenters. The van der Waals surface area contributed by atoms with E-state index in [2.05, 4.69) is 25.1 Å². The molecule has 0 spiro atoms. The Morgan fingerprint density at radius 1 is 1.00 bits per heavy atom. The molecule has 0 saturated carbocycles.